The summed E-state index contributed by atoms with van der Waals surface area (Å²) in [6.45, 7) is 11.3. The molecule has 0 saturated carbocycles. The molecule has 148 valence electrons. The van der Waals surface area contributed by atoms with Gasteiger partial charge in [0.2, 0.25) is 0 Å². The number of imidazole rings is 2. The van der Waals surface area contributed by atoms with Crippen molar-refractivity contribution in [2.75, 3.05) is 0 Å². The number of hydrogen-bond acceptors (Lipinski definition) is 5. The van der Waals surface area contributed by atoms with Gasteiger partial charge in [0.15, 0.2) is 0 Å². The number of aromatic nitrogens is 6. The number of nitrogens with zero attached hydrogens (tertiary/aromatic N) is 8. The fourth-order valence-electron chi connectivity index (χ4n) is 2.95. The Morgan fingerprint density at radius 1 is 0.967 bits per heavy atom. The van der Waals surface area contributed by atoms with E-state index in [0.29, 0.717) is 11.6 Å². The Morgan fingerprint density at radius 3 is 2.13 bits per heavy atom. The molecule has 0 atom stereocenters. The summed E-state index contributed by atoms with van der Waals surface area (Å²) in [4.78, 5) is 20.8. The molecule has 0 aliphatic rings. The van der Waals surface area contributed by atoms with Crippen molar-refractivity contribution in [3.8, 4) is 17.7 Å². The third kappa shape index (κ3) is 3.65. The number of rotatable bonds is 4. The van der Waals surface area contributed by atoms with E-state index in [4.69, 9.17) is 16.5 Å². The summed E-state index contributed by atoms with van der Waals surface area (Å²) < 4.78 is 3.04. The Morgan fingerprint density at radius 2 is 1.53 bits per heavy atom. The summed E-state index contributed by atoms with van der Waals surface area (Å²) in [5.41, 5.74) is 0.997. The zero-order valence-electron chi connectivity index (χ0n) is 16.0. The summed E-state index contributed by atoms with van der Waals surface area (Å²) >= 11 is 0. The van der Waals surface area contributed by atoms with E-state index >= 15 is 0 Å². The van der Waals surface area contributed by atoms with Crippen LogP contribution in [0.1, 0.15) is 31.1 Å². The van der Waals surface area contributed by atoms with E-state index in [1.165, 1.54) is 21.5 Å². The maximum Gasteiger partial charge on any atom is 2.00 e. The van der Waals surface area contributed by atoms with Crippen molar-refractivity contribution in [1.82, 2.24) is 29.1 Å². The van der Waals surface area contributed by atoms with Gasteiger partial charge in [0, 0.05) is 28.8 Å². The van der Waals surface area contributed by atoms with Crippen LogP contribution in [-0.4, -0.2) is 29.1 Å². The Balaban J connectivity index is 0.00000256. The van der Waals surface area contributed by atoms with Gasteiger partial charge >= 0.3 is 26.4 Å². The van der Waals surface area contributed by atoms with Crippen molar-refractivity contribution < 1.29 is 20.4 Å². The molecule has 0 aliphatic heterocycles. The molecule has 4 aromatic rings. The van der Waals surface area contributed by atoms with Crippen LogP contribution in [0.15, 0.2) is 48.8 Å². The van der Waals surface area contributed by atoms with Gasteiger partial charge in [-0.3, -0.25) is 9.97 Å². The van der Waals surface area contributed by atoms with Crippen LogP contribution in [-0.2, 0) is 25.8 Å². The van der Waals surface area contributed by atoms with Gasteiger partial charge in [-0.25, -0.2) is 5.26 Å². The zero-order chi connectivity index (χ0) is 20.4. The normalized spacial score (nSPS) is 10.7. The van der Waals surface area contributed by atoms with E-state index in [0.717, 1.165) is 11.4 Å². The van der Waals surface area contributed by atoms with Crippen molar-refractivity contribution in [3.63, 3.8) is 0 Å². The average molecular weight is 485 g/mol. The van der Waals surface area contributed by atoms with Crippen molar-refractivity contribution in [2.24, 2.45) is 0 Å². The molecule has 4 heterocycles. The minimum Gasteiger partial charge on any atom is -0.438 e. The largest absolute Gasteiger partial charge is 2.00 e. The van der Waals surface area contributed by atoms with Crippen molar-refractivity contribution in [1.29, 1.82) is 5.26 Å². The Labute approximate surface area is 187 Å². The molecule has 8 nitrogen and oxygen atoms in total. The first kappa shape index (κ1) is 21.1. The Kier molecular flexibility index (Phi) is 5.89. The Hall–Kier alpha value is -3.64. The van der Waals surface area contributed by atoms with E-state index in [1.807, 2.05) is 44.2 Å². The monoisotopic (exact) mass is 484 g/mol. The molecular formula is C21H14N8Pd. The molecule has 0 fully saturated rings. The molecule has 0 unspecified atom stereocenters. The standard InChI is InChI=1S/C21H14N8.Pd/c1-21(2,15-6-4-8-17(26-15)28-12-10-24-19(28)14-22)16-7-5-9-18(27-16)29-13-11-25-20(29)23-3;/h4-11H,1-2H3;/q-2;+2. The second kappa shape index (κ2) is 8.39. The van der Waals surface area contributed by atoms with Crippen molar-refractivity contribution in [3.05, 3.63) is 89.8 Å². The number of pyridine rings is 2. The number of hydrogen-bond donors (Lipinski definition) is 0. The van der Waals surface area contributed by atoms with Gasteiger partial charge in [0.25, 0.3) is 0 Å². The van der Waals surface area contributed by atoms with Crippen LogP contribution in [0.25, 0.3) is 16.5 Å². The van der Waals surface area contributed by atoms with Crippen LogP contribution < -0.4 is 0 Å². The van der Waals surface area contributed by atoms with E-state index < -0.39 is 5.41 Å². The predicted molar refractivity (Wildman–Crippen MR) is 103 cm³/mol. The first-order valence-electron chi connectivity index (χ1n) is 8.69. The molecule has 0 aromatic carbocycles. The number of nitriles is 1. The molecule has 0 aliphatic carbocycles. The van der Waals surface area contributed by atoms with Gasteiger partial charge in [0.1, 0.15) is 5.82 Å². The van der Waals surface area contributed by atoms with E-state index in [9.17, 15) is 5.26 Å². The topological polar surface area (TPSA) is 89.6 Å². The molecule has 0 bridgehead atoms. The second-order valence-electron chi connectivity index (χ2n) is 6.68. The van der Waals surface area contributed by atoms with Gasteiger partial charge in [-0.15, -0.1) is 11.6 Å². The van der Waals surface area contributed by atoms with Crippen LogP contribution in [0.5, 0.6) is 0 Å². The third-order valence-electron chi connectivity index (χ3n) is 4.56. The first-order chi connectivity index (χ1) is 14.0. The van der Waals surface area contributed by atoms with Crippen LogP contribution >= 0.6 is 0 Å². The molecule has 9 heteroatoms. The van der Waals surface area contributed by atoms with E-state index in [1.54, 1.807) is 12.1 Å². The molecule has 0 amide bonds. The average Bonchev–Trinajstić information content (AvgIpc) is 3.43. The summed E-state index contributed by atoms with van der Waals surface area (Å²) in [5.74, 6) is 1.53. The van der Waals surface area contributed by atoms with Gasteiger partial charge in [-0.2, -0.15) is 0 Å². The van der Waals surface area contributed by atoms with E-state index in [2.05, 4.69) is 27.2 Å². The fourth-order valence-corrected chi connectivity index (χ4v) is 2.95. The maximum atomic E-state index is 9.22. The van der Waals surface area contributed by atoms with Gasteiger partial charge in [-0.05, 0) is 32.2 Å². The molecular weight excluding hydrogens is 471 g/mol. The molecule has 30 heavy (non-hydrogen) atoms. The van der Waals surface area contributed by atoms with Crippen LogP contribution in [0.3, 0.4) is 0 Å². The first-order valence-corrected chi connectivity index (χ1v) is 8.69. The van der Waals surface area contributed by atoms with Crippen molar-refractivity contribution in [2.45, 2.75) is 19.3 Å². The minimum absolute atomic E-state index is 0. The maximum absolute atomic E-state index is 9.22. The minimum atomic E-state index is -0.543. The Bertz CT molecular complexity index is 1170. The molecule has 0 spiro atoms. The zero-order valence-corrected chi connectivity index (χ0v) is 17.6. The summed E-state index contributed by atoms with van der Waals surface area (Å²) in [6.07, 6.45) is 8.69. The fraction of sp³-hybridized carbons (Fsp3) is 0.143. The summed E-state index contributed by atoms with van der Waals surface area (Å²) in [5, 5.41) is 9.22. The second-order valence-corrected chi connectivity index (χ2v) is 6.68. The smallest absolute Gasteiger partial charge is 0.438 e. The molecule has 4 rings (SSSR count). The quantitative estimate of drug-likeness (QED) is 0.328. The third-order valence-corrected chi connectivity index (χ3v) is 4.56. The molecule has 4 aromatic heterocycles. The van der Waals surface area contributed by atoms with Crippen LogP contribution in [0.2, 0.25) is 0 Å². The van der Waals surface area contributed by atoms with Gasteiger partial charge in [-0.1, -0.05) is 30.5 Å². The summed E-state index contributed by atoms with van der Waals surface area (Å²) in [7, 11) is 0. The molecule has 0 N–H and O–H groups in total. The van der Waals surface area contributed by atoms with Crippen LogP contribution in [0.4, 0.5) is 5.95 Å². The van der Waals surface area contributed by atoms with Gasteiger partial charge < -0.3 is 19.0 Å². The van der Waals surface area contributed by atoms with E-state index in [-0.39, 0.29) is 32.2 Å². The van der Waals surface area contributed by atoms with Crippen molar-refractivity contribution >= 4 is 5.95 Å². The predicted octanol–water partition coefficient (Wildman–Crippen LogP) is 3.19. The molecule has 0 saturated heterocycles. The SMILES string of the molecule is [C-]#[N+]c1nc[c-]n1-c1cccc(C(C)(C)c2cccc(-n3[c-]cnc3C#N)n2)n1.[Pd+2]. The van der Waals surface area contributed by atoms with Gasteiger partial charge in [0.05, 0.1) is 18.1 Å². The summed E-state index contributed by atoms with van der Waals surface area (Å²) in [6, 6.07) is 13.2. The van der Waals surface area contributed by atoms with Crippen LogP contribution in [0, 0.1) is 30.3 Å². The molecule has 0 radical (unpaired) electrons.